The zero-order valence-corrected chi connectivity index (χ0v) is 19.5. The van der Waals surface area contributed by atoms with Crippen molar-refractivity contribution in [2.45, 2.75) is 31.7 Å². The fourth-order valence-electron chi connectivity index (χ4n) is 4.87. The summed E-state index contributed by atoms with van der Waals surface area (Å²) in [6.07, 6.45) is -0.0263. The van der Waals surface area contributed by atoms with Crippen LogP contribution in [-0.4, -0.2) is 72.8 Å². The Bertz CT molecular complexity index is 1060. The molecule has 7 heteroatoms. The molecule has 3 amide bonds. The minimum atomic E-state index is -1.18. The summed E-state index contributed by atoms with van der Waals surface area (Å²) in [6.45, 7) is 5.71. The number of nitrogens with zero attached hydrogens (tertiary/aromatic N) is 3. The highest BCUT2D eigenvalue weighted by atomic mass is 16.5. The van der Waals surface area contributed by atoms with Crippen molar-refractivity contribution in [1.82, 2.24) is 14.7 Å². The maximum atomic E-state index is 13.3. The minimum Gasteiger partial charge on any atom is -0.497 e. The van der Waals surface area contributed by atoms with Crippen molar-refractivity contribution >= 4 is 17.7 Å². The van der Waals surface area contributed by atoms with Crippen molar-refractivity contribution in [2.75, 3.05) is 40.3 Å². The number of imide groups is 1. The van der Waals surface area contributed by atoms with Gasteiger partial charge in [-0.15, -0.1) is 0 Å². The lowest BCUT2D eigenvalue weighted by molar-refractivity contribution is -0.142. The van der Waals surface area contributed by atoms with E-state index < -0.39 is 5.41 Å². The first-order valence-electron chi connectivity index (χ1n) is 11.3. The van der Waals surface area contributed by atoms with E-state index in [0.29, 0.717) is 24.4 Å². The average molecular weight is 450 g/mol. The molecule has 7 nitrogen and oxygen atoms in total. The normalized spacial score (nSPS) is 21.5. The van der Waals surface area contributed by atoms with E-state index in [1.807, 2.05) is 4.90 Å². The molecule has 0 bridgehead atoms. The number of methoxy groups -OCH3 is 1. The van der Waals surface area contributed by atoms with E-state index in [-0.39, 0.29) is 30.6 Å². The van der Waals surface area contributed by atoms with Crippen LogP contribution in [0.2, 0.25) is 0 Å². The highest BCUT2D eigenvalue weighted by Crippen LogP contribution is 2.41. The second-order valence-electron chi connectivity index (χ2n) is 9.07. The van der Waals surface area contributed by atoms with Crippen LogP contribution < -0.4 is 4.74 Å². The predicted molar refractivity (Wildman–Crippen MR) is 125 cm³/mol. The molecule has 174 valence electrons. The Balaban J connectivity index is 1.47. The van der Waals surface area contributed by atoms with Gasteiger partial charge in [-0.1, -0.05) is 42.0 Å². The largest absolute Gasteiger partial charge is 0.497 e. The molecule has 2 saturated heterocycles. The molecule has 2 aromatic rings. The molecule has 2 aromatic carbocycles. The zero-order chi connectivity index (χ0) is 23.6. The molecule has 0 N–H and O–H groups in total. The van der Waals surface area contributed by atoms with Crippen molar-refractivity contribution in [3.8, 4) is 5.75 Å². The van der Waals surface area contributed by atoms with Crippen molar-refractivity contribution in [1.29, 1.82) is 0 Å². The van der Waals surface area contributed by atoms with Gasteiger partial charge in [-0.3, -0.25) is 24.2 Å². The van der Waals surface area contributed by atoms with E-state index in [1.54, 1.807) is 31.4 Å². The molecule has 4 rings (SSSR count). The summed E-state index contributed by atoms with van der Waals surface area (Å²) in [4.78, 5) is 44.4. The molecule has 2 fully saturated rings. The van der Waals surface area contributed by atoms with Gasteiger partial charge in [0.2, 0.25) is 17.7 Å². The van der Waals surface area contributed by atoms with Gasteiger partial charge < -0.3 is 9.64 Å². The Kier molecular flexibility index (Phi) is 6.51. The first-order valence-corrected chi connectivity index (χ1v) is 11.3. The molecule has 33 heavy (non-hydrogen) atoms. The van der Waals surface area contributed by atoms with Crippen LogP contribution >= 0.6 is 0 Å². The quantitative estimate of drug-likeness (QED) is 0.634. The Labute approximate surface area is 194 Å². The second kappa shape index (κ2) is 9.35. The van der Waals surface area contributed by atoms with Gasteiger partial charge in [-0.05, 0) is 30.2 Å². The number of hydrogen-bond donors (Lipinski definition) is 0. The van der Waals surface area contributed by atoms with Crippen LogP contribution in [0.15, 0.2) is 48.5 Å². The van der Waals surface area contributed by atoms with Crippen molar-refractivity contribution in [2.24, 2.45) is 0 Å². The predicted octanol–water partition coefficient (Wildman–Crippen LogP) is 2.36. The summed E-state index contributed by atoms with van der Waals surface area (Å²) in [6, 6.07) is 15.6. The van der Waals surface area contributed by atoms with Gasteiger partial charge in [0, 0.05) is 52.6 Å². The van der Waals surface area contributed by atoms with Crippen LogP contribution in [0, 0.1) is 6.92 Å². The van der Waals surface area contributed by atoms with E-state index >= 15 is 0 Å². The monoisotopic (exact) mass is 449 g/mol. The summed E-state index contributed by atoms with van der Waals surface area (Å²) in [5, 5.41) is 0. The van der Waals surface area contributed by atoms with Gasteiger partial charge in [0.1, 0.15) is 5.75 Å². The fourth-order valence-corrected chi connectivity index (χ4v) is 4.87. The molecule has 2 aliphatic rings. The standard InChI is InChI=1S/C26H31N3O4/c1-19-6-4-7-20(14-19)18-28-10-12-29(13-11-28)24(31)17-26(16-23(30)27(2)25(26)32)21-8-5-9-22(15-21)33-3/h4-9,14-15H,10-13,16-18H2,1-3H3. The number of ether oxygens (including phenoxy) is 1. The Morgan fingerprint density at radius 3 is 2.39 bits per heavy atom. The third-order valence-corrected chi connectivity index (χ3v) is 6.83. The number of likely N-dealkylation sites (N-methyl/N-ethyl adjacent to an activating group) is 1. The lowest BCUT2D eigenvalue weighted by Crippen LogP contribution is -2.50. The number of aryl methyl sites for hydroxylation is 1. The number of benzene rings is 2. The molecular weight excluding hydrogens is 418 g/mol. The zero-order valence-electron chi connectivity index (χ0n) is 19.5. The molecule has 0 spiro atoms. The first-order chi connectivity index (χ1) is 15.8. The molecule has 1 unspecified atom stereocenters. The lowest BCUT2D eigenvalue weighted by atomic mass is 9.75. The van der Waals surface area contributed by atoms with Crippen LogP contribution in [0.3, 0.4) is 0 Å². The summed E-state index contributed by atoms with van der Waals surface area (Å²) in [7, 11) is 3.04. The van der Waals surface area contributed by atoms with E-state index in [0.717, 1.165) is 24.5 Å². The molecular formula is C26H31N3O4. The minimum absolute atomic E-state index is 0.00539. The van der Waals surface area contributed by atoms with Crippen LogP contribution in [0.4, 0.5) is 0 Å². The highest BCUT2D eigenvalue weighted by Gasteiger charge is 2.53. The lowest BCUT2D eigenvalue weighted by Gasteiger charge is -2.36. The van der Waals surface area contributed by atoms with Gasteiger partial charge >= 0.3 is 0 Å². The Morgan fingerprint density at radius 1 is 1.03 bits per heavy atom. The molecule has 1 atom stereocenters. The Morgan fingerprint density at radius 2 is 1.76 bits per heavy atom. The topological polar surface area (TPSA) is 70.2 Å². The maximum absolute atomic E-state index is 13.3. The highest BCUT2D eigenvalue weighted by molar-refractivity contribution is 6.10. The molecule has 2 heterocycles. The molecule has 0 aromatic heterocycles. The number of carbonyl (C=O) groups excluding carboxylic acids is 3. The van der Waals surface area contributed by atoms with E-state index in [1.165, 1.54) is 18.2 Å². The average Bonchev–Trinajstić information content (AvgIpc) is 3.03. The molecule has 0 saturated carbocycles. The van der Waals surface area contributed by atoms with Crippen molar-refractivity contribution in [3.05, 3.63) is 65.2 Å². The number of piperazine rings is 1. The number of carbonyl (C=O) groups is 3. The second-order valence-corrected chi connectivity index (χ2v) is 9.07. The summed E-state index contributed by atoms with van der Waals surface area (Å²) in [5.41, 5.74) is 1.97. The number of amides is 3. The van der Waals surface area contributed by atoms with Gasteiger partial charge in [0.05, 0.1) is 12.5 Å². The third kappa shape index (κ3) is 4.64. The van der Waals surface area contributed by atoms with E-state index in [2.05, 4.69) is 36.1 Å². The number of likely N-dealkylation sites (tertiary alicyclic amines) is 1. The van der Waals surface area contributed by atoms with Crippen LogP contribution in [0.5, 0.6) is 5.75 Å². The summed E-state index contributed by atoms with van der Waals surface area (Å²) >= 11 is 0. The van der Waals surface area contributed by atoms with Crippen LogP contribution in [-0.2, 0) is 26.3 Å². The van der Waals surface area contributed by atoms with Gasteiger partial charge in [0.15, 0.2) is 0 Å². The van der Waals surface area contributed by atoms with Crippen LogP contribution in [0.25, 0.3) is 0 Å². The SMILES string of the molecule is COc1cccc(C2(CC(=O)N3CCN(Cc4cccc(C)c4)CC3)CC(=O)N(C)C2=O)c1. The number of rotatable bonds is 6. The van der Waals surface area contributed by atoms with Crippen LogP contribution in [0.1, 0.15) is 29.5 Å². The van der Waals surface area contributed by atoms with Gasteiger partial charge in [-0.2, -0.15) is 0 Å². The van der Waals surface area contributed by atoms with E-state index in [4.69, 9.17) is 4.74 Å². The molecule has 2 aliphatic heterocycles. The third-order valence-electron chi connectivity index (χ3n) is 6.83. The molecule has 0 radical (unpaired) electrons. The van der Waals surface area contributed by atoms with Gasteiger partial charge in [-0.25, -0.2) is 0 Å². The maximum Gasteiger partial charge on any atom is 0.240 e. The molecule has 0 aliphatic carbocycles. The van der Waals surface area contributed by atoms with Crippen molar-refractivity contribution in [3.63, 3.8) is 0 Å². The summed E-state index contributed by atoms with van der Waals surface area (Å²) < 4.78 is 5.33. The summed E-state index contributed by atoms with van der Waals surface area (Å²) in [5.74, 6) is -0.0888. The van der Waals surface area contributed by atoms with Gasteiger partial charge in [0.25, 0.3) is 0 Å². The van der Waals surface area contributed by atoms with Crippen molar-refractivity contribution < 1.29 is 19.1 Å². The first kappa shape index (κ1) is 23.0. The number of hydrogen-bond acceptors (Lipinski definition) is 5. The van der Waals surface area contributed by atoms with E-state index in [9.17, 15) is 14.4 Å². The Hall–Kier alpha value is -3.19. The fraction of sp³-hybridized carbons (Fsp3) is 0.423. The smallest absolute Gasteiger partial charge is 0.240 e.